The number of benzene rings is 2. The van der Waals surface area contributed by atoms with Crippen molar-refractivity contribution in [3.8, 4) is 0 Å². The Morgan fingerprint density at radius 3 is 1.73 bits per heavy atom. The molecule has 0 aliphatic heterocycles. The molecule has 0 bridgehead atoms. The van der Waals surface area contributed by atoms with Crippen LogP contribution in [-0.2, 0) is 0 Å². The van der Waals surface area contributed by atoms with E-state index in [9.17, 15) is 0 Å². The second-order valence-electron chi connectivity index (χ2n) is 3.59. The van der Waals surface area contributed by atoms with E-state index >= 15 is 0 Å². The van der Waals surface area contributed by atoms with Gasteiger partial charge in [0.25, 0.3) is 0 Å². The van der Waals surface area contributed by atoms with Gasteiger partial charge in [0.05, 0.1) is 11.0 Å². The number of hydrogen-bond acceptors (Lipinski definition) is 0. The number of fused-ring (bicyclic) bond motifs is 3. The molecule has 74 valence electrons. The molecule has 0 radical (unpaired) electrons. The van der Waals surface area contributed by atoms with Gasteiger partial charge in [-0.25, -0.2) is 0 Å². The van der Waals surface area contributed by atoms with Gasteiger partial charge in [-0.05, 0) is 27.5 Å². The molecule has 0 aliphatic rings. The molecule has 15 heavy (non-hydrogen) atoms. The van der Waals surface area contributed by atoms with Crippen LogP contribution in [0.1, 0.15) is 0 Å². The van der Waals surface area contributed by atoms with Gasteiger partial charge < -0.3 is 4.34 Å². The first-order valence-corrected chi connectivity index (χ1v) is 6.52. The minimum absolute atomic E-state index is 0.779. The molecule has 1 aromatic heterocycles. The lowest BCUT2D eigenvalue weighted by molar-refractivity contribution is 1.41. The normalized spacial score (nSPS) is 12.1. The number of nitrogens with zero attached hydrogens (tertiary/aromatic N) is 1. The molecule has 0 saturated heterocycles. The largest absolute Gasteiger partial charge is 0.322 e. The molecule has 1 unspecified atom stereocenters. The molecule has 0 N–H and O–H groups in total. The van der Waals surface area contributed by atoms with Crippen LogP contribution in [0.2, 0.25) is 0 Å². The molecule has 1 nitrogen and oxygen atoms in total. The lowest BCUT2D eigenvalue weighted by Crippen LogP contribution is -1.80. The van der Waals surface area contributed by atoms with Crippen molar-refractivity contribution < 1.29 is 0 Å². The van der Waals surface area contributed by atoms with Gasteiger partial charge in [-0.1, -0.05) is 36.4 Å². The van der Waals surface area contributed by atoms with Crippen LogP contribution in [0, 0.1) is 0 Å². The highest BCUT2D eigenvalue weighted by Gasteiger charge is 2.06. The van der Waals surface area contributed by atoms with E-state index in [1.807, 2.05) is 0 Å². The van der Waals surface area contributed by atoms with Crippen LogP contribution in [0.15, 0.2) is 48.5 Å². The maximum absolute atomic E-state index is 2.39. The zero-order valence-electron chi connectivity index (χ0n) is 8.57. The van der Waals surface area contributed by atoms with Gasteiger partial charge in [-0.3, -0.25) is 0 Å². The fourth-order valence-corrected chi connectivity index (χ4v) is 3.04. The summed E-state index contributed by atoms with van der Waals surface area (Å²) >= 11 is 0. The summed E-state index contributed by atoms with van der Waals surface area (Å²) < 4.78 is 2.39. The Bertz CT molecular complexity index is 571. The van der Waals surface area contributed by atoms with Crippen molar-refractivity contribution in [2.24, 2.45) is 0 Å². The number of hydrogen-bond donors (Lipinski definition) is 0. The second kappa shape index (κ2) is 3.36. The Morgan fingerprint density at radius 1 is 0.800 bits per heavy atom. The molecule has 0 spiro atoms. The SMILES string of the molecule is CPn1c2ccccc2c2ccccc21. The summed E-state index contributed by atoms with van der Waals surface area (Å²) in [6.45, 7) is 2.22. The Balaban J connectivity index is 2.62. The molecule has 0 fully saturated rings. The minimum atomic E-state index is 0.779. The third kappa shape index (κ3) is 1.20. The Kier molecular flexibility index (Phi) is 2.00. The smallest absolute Gasteiger partial charge is 0.0523 e. The summed E-state index contributed by atoms with van der Waals surface area (Å²) in [5, 5.41) is 2.73. The first-order chi connectivity index (χ1) is 7.42. The Hall–Kier alpha value is -1.33. The number of aromatic nitrogens is 1. The fourth-order valence-electron chi connectivity index (χ4n) is 2.16. The van der Waals surface area contributed by atoms with Crippen molar-refractivity contribution in [1.29, 1.82) is 0 Å². The highest BCUT2D eigenvalue weighted by molar-refractivity contribution is 7.35. The first kappa shape index (κ1) is 8.94. The van der Waals surface area contributed by atoms with E-state index in [4.69, 9.17) is 0 Å². The monoisotopic (exact) mass is 213 g/mol. The summed E-state index contributed by atoms with van der Waals surface area (Å²) in [6.07, 6.45) is 0. The van der Waals surface area contributed by atoms with E-state index in [2.05, 4.69) is 59.5 Å². The average Bonchev–Trinajstić information content (AvgIpc) is 2.63. The van der Waals surface area contributed by atoms with E-state index in [1.165, 1.54) is 21.8 Å². The maximum Gasteiger partial charge on any atom is 0.0523 e. The van der Waals surface area contributed by atoms with Gasteiger partial charge in [0.15, 0.2) is 0 Å². The number of rotatable bonds is 1. The highest BCUT2D eigenvalue weighted by Crippen LogP contribution is 2.32. The number of para-hydroxylation sites is 2. The molecule has 0 amide bonds. The summed E-state index contributed by atoms with van der Waals surface area (Å²) in [4.78, 5) is 0. The third-order valence-corrected chi connectivity index (χ3v) is 3.73. The van der Waals surface area contributed by atoms with Gasteiger partial charge in [-0.2, -0.15) is 0 Å². The summed E-state index contributed by atoms with van der Waals surface area (Å²) in [7, 11) is 0.779. The van der Waals surface area contributed by atoms with Gasteiger partial charge in [0, 0.05) is 10.8 Å². The summed E-state index contributed by atoms with van der Waals surface area (Å²) in [6, 6.07) is 17.2. The third-order valence-electron chi connectivity index (χ3n) is 2.80. The van der Waals surface area contributed by atoms with E-state index in [0.29, 0.717) is 0 Å². The van der Waals surface area contributed by atoms with Crippen molar-refractivity contribution in [3.63, 3.8) is 0 Å². The Morgan fingerprint density at radius 2 is 1.27 bits per heavy atom. The predicted molar refractivity (Wildman–Crippen MR) is 69.1 cm³/mol. The molecular formula is C13H12NP. The van der Waals surface area contributed by atoms with E-state index < -0.39 is 0 Å². The van der Waals surface area contributed by atoms with Crippen LogP contribution in [0.4, 0.5) is 0 Å². The maximum atomic E-state index is 2.39. The zero-order valence-corrected chi connectivity index (χ0v) is 9.57. The van der Waals surface area contributed by atoms with Crippen molar-refractivity contribution in [2.45, 2.75) is 0 Å². The quantitative estimate of drug-likeness (QED) is 0.541. The lowest BCUT2D eigenvalue weighted by Gasteiger charge is -2.01. The van der Waals surface area contributed by atoms with Crippen molar-refractivity contribution in [3.05, 3.63) is 48.5 Å². The topological polar surface area (TPSA) is 4.93 Å². The molecule has 0 aliphatic carbocycles. The Labute approximate surface area is 90.5 Å². The fraction of sp³-hybridized carbons (Fsp3) is 0.0769. The summed E-state index contributed by atoms with van der Waals surface area (Å²) in [5.41, 5.74) is 2.69. The molecule has 0 saturated carbocycles. The molecule has 3 rings (SSSR count). The van der Waals surface area contributed by atoms with E-state index in [0.717, 1.165) is 8.73 Å². The average molecular weight is 213 g/mol. The van der Waals surface area contributed by atoms with Gasteiger partial charge in [0.1, 0.15) is 0 Å². The van der Waals surface area contributed by atoms with Crippen LogP contribution >= 0.6 is 8.73 Å². The molecule has 2 heteroatoms. The van der Waals surface area contributed by atoms with Crippen LogP contribution in [0.3, 0.4) is 0 Å². The second-order valence-corrected chi connectivity index (χ2v) is 4.49. The minimum Gasteiger partial charge on any atom is -0.322 e. The van der Waals surface area contributed by atoms with Crippen molar-refractivity contribution >= 4 is 30.5 Å². The van der Waals surface area contributed by atoms with Gasteiger partial charge >= 0.3 is 0 Å². The zero-order chi connectivity index (χ0) is 10.3. The summed E-state index contributed by atoms with van der Waals surface area (Å²) in [5.74, 6) is 0. The van der Waals surface area contributed by atoms with Gasteiger partial charge in [0.2, 0.25) is 0 Å². The molecular weight excluding hydrogens is 201 g/mol. The lowest BCUT2D eigenvalue weighted by atomic mass is 10.2. The molecule has 1 heterocycles. The predicted octanol–water partition coefficient (Wildman–Crippen LogP) is 3.87. The van der Waals surface area contributed by atoms with E-state index in [-0.39, 0.29) is 0 Å². The van der Waals surface area contributed by atoms with E-state index in [1.54, 1.807) is 0 Å². The highest BCUT2D eigenvalue weighted by atomic mass is 31.1. The first-order valence-electron chi connectivity index (χ1n) is 5.08. The van der Waals surface area contributed by atoms with Crippen molar-refractivity contribution in [2.75, 3.05) is 6.66 Å². The van der Waals surface area contributed by atoms with Gasteiger partial charge in [-0.15, -0.1) is 0 Å². The van der Waals surface area contributed by atoms with Crippen LogP contribution < -0.4 is 0 Å². The molecule has 3 aromatic rings. The van der Waals surface area contributed by atoms with Crippen LogP contribution in [0.5, 0.6) is 0 Å². The van der Waals surface area contributed by atoms with Crippen LogP contribution in [0.25, 0.3) is 21.8 Å². The molecule has 2 aromatic carbocycles. The van der Waals surface area contributed by atoms with Crippen molar-refractivity contribution in [1.82, 2.24) is 4.34 Å². The van der Waals surface area contributed by atoms with Crippen LogP contribution in [-0.4, -0.2) is 11.0 Å². The standard InChI is InChI=1S/C13H12NP/c1-15-14-12-8-4-2-6-10(12)11-7-3-5-9-13(11)14/h2-9,15H,1H3. The molecule has 1 atom stereocenters.